The predicted octanol–water partition coefficient (Wildman–Crippen LogP) is 4.17. The first-order valence-electron chi connectivity index (χ1n) is 10.4. The Labute approximate surface area is 197 Å². The van der Waals surface area contributed by atoms with E-state index in [4.69, 9.17) is 10.5 Å². The molecule has 0 radical (unpaired) electrons. The second-order valence-corrected chi connectivity index (χ2v) is 7.70. The molecule has 0 fully saturated rings. The van der Waals surface area contributed by atoms with E-state index < -0.39 is 29.4 Å². The van der Waals surface area contributed by atoms with Gasteiger partial charge in [0, 0.05) is 5.39 Å². The number of carbonyl (C=O) groups is 2. The second kappa shape index (κ2) is 9.09. The van der Waals surface area contributed by atoms with Crippen LogP contribution in [0, 0.1) is 6.92 Å². The molecule has 35 heavy (non-hydrogen) atoms. The van der Waals surface area contributed by atoms with Crippen LogP contribution in [0.5, 0.6) is 5.75 Å². The lowest BCUT2D eigenvalue weighted by Crippen LogP contribution is -2.19. The Balaban J connectivity index is 1.74. The van der Waals surface area contributed by atoms with Crippen LogP contribution in [0.25, 0.3) is 10.9 Å². The molecule has 2 aromatic heterocycles. The number of carbonyl (C=O) groups excluding carboxylic acids is 2. The average Bonchev–Trinajstić information content (AvgIpc) is 3.14. The van der Waals surface area contributed by atoms with Gasteiger partial charge in [-0.05, 0) is 36.8 Å². The summed E-state index contributed by atoms with van der Waals surface area (Å²) < 4.78 is 47.8. The summed E-state index contributed by atoms with van der Waals surface area (Å²) in [6, 6.07) is 14.4. The summed E-state index contributed by atoms with van der Waals surface area (Å²) in [7, 11) is 1.51. The molecule has 0 saturated carbocycles. The van der Waals surface area contributed by atoms with Crippen LogP contribution < -0.4 is 15.8 Å². The summed E-state index contributed by atoms with van der Waals surface area (Å²) in [4.78, 5) is 29.0. The smallest absolute Gasteiger partial charge is 0.437 e. The quantitative estimate of drug-likeness (QED) is 0.428. The van der Waals surface area contributed by atoms with E-state index in [9.17, 15) is 22.8 Å². The molecule has 180 valence electrons. The number of hydrogen-bond donors (Lipinski definition) is 2. The Morgan fingerprint density at radius 3 is 2.43 bits per heavy atom. The molecule has 11 heteroatoms. The van der Waals surface area contributed by atoms with Gasteiger partial charge < -0.3 is 15.8 Å². The fourth-order valence-corrected chi connectivity index (χ4v) is 3.62. The zero-order chi connectivity index (χ0) is 25.3. The number of nitrogens with zero attached hydrogens (tertiary/aromatic N) is 3. The molecule has 2 aromatic carbocycles. The Hall–Kier alpha value is -4.41. The van der Waals surface area contributed by atoms with Crippen molar-refractivity contribution in [1.29, 1.82) is 0 Å². The van der Waals surface area contributed by atoms with Gasteiger partial charge in [0.25, 0.3) is 11.8 Å². The first kappa shape index (κ1) is 23.7. The number of ether oxygens (including phenoxy) is 1. The summed E-state index contributed by atoms with van der Waals surface area (Å²) in [6.07, 6.45) is -4.82. The van der Waals surface area contributed by atoms with Crippen LogP contribution in [0.15, 0.2) is 54.6 Å². The van der Waals surface area contributed by atoms with Gasteiger partial charge in [0.05, 0.1) is 36.1 Å². The standard InChI is InChI=1S/C24H20F3N5O3/c1-13-20(21(24(25,26)27)31-32(13)12-14-7-9-15(35-2)10-8-14)30-23(34)17-11-19(22(28)33)29-18-6-4-3-5-16(17)18/h3-11H,12H2,1-2H3,(H2,28,33)(H,30,34). The van der Waals surface area contributed by atoms with Crippen molar-refractivity contribution in [2.75, 3.05) is 12.4 Å². The first-order valence-corrected chi connectivity index (χ1v) is 10.4. The molecule has 2 amide bonds. The largest absolute Gasteiger partial charge is 0.497 e. The van der Waals surface area contributed by atoms with E-state index in [1.807, 2.05) is 0 Å². The molecule has 0 aliphatic rings. The van der Waals surface area contributed by atoms with Gasteiger partial charge in [-0.1, -0.05) is 30.3 Å². The third kappa shape index (κ3) is 4.79. The number of primary amides is 1. The molecule has 0 unspecified atom stereocenters. The van der Waals surface area contributed by atoms with Crippen LogP contribution in [-0.2, 0) is 12.7 Å². The lowest BCUT2D eigenvalue weighted by atomic mass is 10.1. The van der Waals surface area contributed by atoms with Gasteiger partial charge in [-0.2, -0.15) is 18.3 Å². The molecule has 3 N–H and O–H groups in total. The Kier molecular flexibility index (Phi) is 6.16. The number of aromatic nitrogens is 3. The van der Waals surface area contributed by atoms with Gasteiger partial charge in [0.1, 0.15) is 11.4 Å². The molecule has 0 aliphatic heterocycles. The third-order valence-corrected chi connectivity index (χ3v) is 5.42. The summed E-state index contributed by atoms with van der Waals surface area (Å²) in [5, 5.41) is 6.43. The summed E-state index contributed by atoms with van der Waals surface area (Å²) in [5.41, 5.74) is 4.49. The first-order chi connectivity index (χ1) is 16.6. The average molecular weight is 483 g/mol. The zero-order valence-electron chi connectivity index (χ0n) is 18.7. The molecule has 2 heterocycles. The molecule has 0 aliphatic carbocycles. The van der Waals surface area contributed by atoms with Crippen molar-refractivity contribution < 1.29 is 27.5 Å². The summed E-state index contributed by atoms with van der Waals surface area (Å²) in [5.74, 6) is -1.12. The number of nitrogens with two attached hydrogens (primary N) is 1. The Morgan fingerprint density at radius 2 is 1.80 bits per heavy atom. The molecule has 0 spiro atoms. The van der Waals surface area contributed by atoms with Crippen LogP contribution in [0.2, 0.25) is 0 Å². The minimum absolute atomic E-state index is 0.0405. The topological polar surface area (TPSA) is 112 Å². The van der Waals surface area contributed by atoms with E-state index in [0.717, 1.165) is 6.07 Å². The fourth-order valence-electron chi connectivity index (χ4n) is 3.62. The number of pyridine rings is 1. The second-order valence-electron chi connectivity index (χ2n) is 7.70. The minimum Gasteiger partial charge on any atom is -0.497 e. The maximum Gasteiger partial charge on any atom is 0.437 e. The van der Waals surface area contributed by atoms with Gasteiger partial charge in [-0.25, -0.2) is 4.98 Å². The number of alkyl halides is 3. The summed E-state index contributed by atoms with van der Waals surface area (Å²) >= 11 is 0. The molecule has 0 atom stereocenters. The monoisotopic (exact) mass is 483 g/mol. The number of fused-ring (bicyclic) bond motifs is 1. The maximum atomic E-state index is 13.8. The third-order valence-electron chi connectivity index (χ3n) is 5.42. The fraction of sp³-hybridized carbons (Fsp3) is 0.167. The Bertz CT molecular complexity index is 1430. The number of halogens is 3. The molecular weight excluding hydrogens is 463 g/mol. The highest BCUT2D eigenvalue weighted by atomic mass is 19.4. The summed E-state index contributed by atoms with van der Waals surface area (Å²) in [6.45, 7) is 1.47. The molecular formula is C24H20F3N5O3. The van der Waals surface area contributed by atoms with E-state index in [-0.39, 0.29) is 23.5 Å². The van der Waals surface area contributed by atoms with Gasteiger partial charge in [-0.15, -0.1) is 0 Å². The number of para-hydroxylation sites is 1. The van der Waals surface area contributed by atoms with E-state index in [1.54, 1.807) is 48.5 Å². The van der Waals surface area contributed by atoms with E-state index in [1.165, 1.54) is 18.7 Å². The SMILES string of the molecule is COc1ccc(Cn2nc(C(F)(F)F)c(NC(=O)c3cc(C(N)=O)nc4ccccc34)c2C)cc1. The number of benzene rings is 2. The van der Waals surface area contributed by atoms with Crippen molar-refractivity contribution >= 4 is 28.4 Å². The van der Waals surface area contributed by atoms with E-state index >= 15 is 0 Å². The van der Waals surface area contributed by atoms with Crippen molar-refractivity contribution in [3.63, 3.8) is 0 Å². The van der Waals surface area contributed by atoms with Gasteiger partial charge in [0.15, 0.2) is 5.69 Å². The van der Waals surface area contributed by atoms with Crippen LogP contribution in [0.3, 0.4) is 0 Å². The van der Waals surface area contributed by atoms with Gasteiger partial charge in [-0.3, -0.25) is 14.3 Å². The number of methoxy groups -OCH3 is 1. The zero-order valence-corrected chi connectivity index (χ0v) is 18.7. The Morgan fingerprint density at radius 1 is 1.11 bits per heavy atom. The van der Waals surface area contributed by atoms with Crippen molar-refractivity contribution in [2.45, 2.75) is 19.6 Å². The van der Waals surface area contributed by atoms with Crippen LogP contribution >= 0.6 is 0 Å². The highest BCUT2D eigenvalue weighted by molar-refractivity contribution is 6.14. The number of anilines is 1. The molecule has 4 rings (SSSR count). The molecule has 0 saturated heterocycles. The molecule has 0 bridgehead atoms. The van der Waals surface area contributed by atoms with Crippen molar-refractivity contribution in [3.05, 3.63) is 82.8 Å². The van der Waals surface area contributed by atoms with Crippen molar-refractivity contribution in [1.82, 2.24) is 14.8 Å². The minimum atomic E-state index is -4.82. The van der Waals surface area contributed by atoms with Crippen molar-refractivity contribution in [2.24, 2.45) is 5.73 Å². The lowest BCUT2D eigenvalue weighted by Gasteiger charge is -2.11. The molecule has 4 aromatic rings. The number of hydrogen-bond acceptors (Lipinski definition) is 5. The number of nitrogens with one attached hydrogen (secondary N) is 1. The van der Waals surface area contributed by atoms with Crippen LogP contribution in [0.1, 0.15) is 37.8 Å². The van der Waals surface area contributed by atoms with Gasteiger partial charge >= 0.3 is 6.18 Å². The number of amides is 2. The predicted molar refractivity (Wildman–Crippen MR) is 122 cm³/mol. The van der Waals surface area contributed by atoms with E-state index in [2.05, 4.69) is 15.4 Å². The highest BCUT2D eigenvalue weighted by Crippen LogP contribution is 2.36. The van der Waals surface area contributed by atoms with E-state index in [0.29, 0.717) is 22.2 Å². The van der Waals surface area contributed by atoms with Crippen LogP contribution in [0.4, 0.5) is 18.9 Å². The molecule has 8 nitrogen and oxygen atoms in total. The van der Waals surface area contributed by atoms with Gasteiger partial charge in [0.2, 0.25) is 0 Å². The van der Waals surface area contributed by atoms with Crippen LogP contribution in [-0.4, -0.2) is 33.7 Å². The van der Waals surface area contributed by atoms with Crippen molar-refractivity contribution in [3.8, 4) is 5.75 Å². The normalized spacial score (nSPS) is 11.5. The lowest BCUT2D eigenvalue weighted by molar-refractivity contribution is -0.140. The highest BCUT2D eigenvalue weighted by Gasteiger charge is 2.39. The maximum absolute atomic E-state index is 13.8. The number of rotatable bonds is 6.